The van der Waals surface area contributed by atoms with Crippen molar-refractivity contribution >= 4 is 28.3 Å². The van der Waals surface area contributed by atoms with Gasteiger partial charge in [-0.2, -0.15) is 0 Å². The number of anilines is 1. The van der Waals surface area contributed by atoms with Crippen molar-refractivity contribution in [3.8, 4) is 0 Å². The molecule has 1 heterocycles. The summed E-state index contributed by atoms with van der Waals surface area (Å²) in [7, 11) is 0. The third-order valence-corrected chi connectivity index (χ3v) is 5.40. The van der Waals surface area contributed by atoms with Gasteiger partial charge in [-0.25, -0.2) is 4.98 Å². The van der Waals surface area contributed by atoms with Crippen LogP contribution in [0.2, 0.25) is 0 Å². The lowest BCUT2D eigenvalue weighted by molar-refractivity contribution is -0.138. The van der Waals surface area contributed by atoms with Crippen LogP contribution >= 0.6 is 11.3 Å². The number of hydrogen-bond donors (Lipinski definition) is 1. The Labute approximate surface area is 142 Å². The minimum Gasteiger partial charge on any atom is -0.333 e. The number of amides is 2. The molecule has 128 valence electrons. The van der Waals surface area contributed by atoms with Gasteiger partial charge in [0.25, 0.3) is 0 Å². The molecule has 0 aliphatic heterocycles. The second-order valence-corrected chi connectivity index (χ2v) is 7.51. The van der Waals surface area contributed by atoms with Crippen molar-refractivity contribution in [2.75, 3.05) is 18.4 Å². The van der Waals surface area contributed by atoms with E-state index in [1.165, 1.54) is 11.3 Å². The fourth-order valence-electron chi connectivity index (χ4n) is 2.91. The van der Waals surface area contributed by atoms with Gasteiger partial charge in [-0.05, 0) is 33.1 Å². The first-order chi connectivity index (χ1) is 11.0. The molecule has 0 saturated heterocycles. The number of thiazole rings is 1. The van der Waals surface area contributed by atoms with Crippen LogP contribution in [0.3, 0.4) is 0 Å². The molecule has 23 heavy (non-hydrogen) atoms. The summed E-state index contributed by atoms with van der Waals surface area (Å²) >= 11 is 1.47. The number of hydrogen-bond acceptors (Lipinski definition) is 4. The molecule has 1 aromatic heterocycles. The highest BCUT2D eigenvalue weighted by molar-refractivity contribution is 7.15. The van der Waals surface area contributed by atoms with E-state index in [-0.39, 0.29) is 24.3 Å². The van der Waals surface area contributed by atoms with E-state index in [2.05, 4.69) is 17.2 Å². The van der Waals surface area contributed by atoms with Gasteiger partial charge in [0.2, 0.25) is 11.8 Å². The van der Waals surface area contributed by atoms with Crippen LogP contribution in [0.15, 0.2) is 0 Å². The summed E-state index contributed by atoms with van der Waals surface area (Å²) in [6.07, 6.45) is 6.13. The Hall–Kier alpha value is -1.43. The van der Waals surface area contributed by atoms with Crippen LogP contribution in [0.4, 0.5) is 5.13 Å². The maximum absolute atomic E-state index is 12.6. The van der Waals surface area contributed by atoms with Crippen molar-refractivity contribution in [1.29, 1.82) is 0 Å². The standard InChI is InChI=1S/C17H27N3O2S/c1-4-5-10-20(16(22)14-8-6-7-9-14)11-15(21)19-17-18-12(2)13(3)23-17/h14H,4-11H2,1-3H3,(H,18,19,21). The molecule has 1 saturated carbocycles. The third kappa shape index (κ3) is 5.03. The number of carbonyl (C=O) groups is 2. The largest absolute Gasteiger partial charge is 0.333 e. The highest BCUT2D eigenvalue weighted by Gasteiger charge is 2.28. The average Bonchev–Trinajstić information content (AvgIpc) is 3.13. The average molecular weight is 337 g/mol. The Morgan fingerprint density at radius 2 is 2.00 bits per heavy atom. The number of nitrogens with one attached hydrogen (secondary N) is 1. The molecule has 0 aromatic carbocycles. The first-order valence-corrected chi connectivity index (χ1v) is 9.35. The van der Waals surface area contributed by atoms with Crippen LogP contribution in [0.25, 0.3) is 0 Å². The molecule has 1 aromatic rings. The van der Waals surface area contributed by atoms with E-state index in [1.54, 1.807) is 4.90 Å². The zero-order valence-electron chi connectivity index (χ0n) is 14.4. The predicted molar refractivity (Wildman–Crippen MR) is 93.7 cm³/mol. The molecule has 1 aliphatic rings. The Balaban J connectivity index is 1.95. The summed E-state index contributed by atoms with van der Waals surface area (Å²) in [6, 6.07) is 0. The third-order valence-electron chi connectivity index (χ3n) is 4.41. The number of rotatable bonds is 7. The number of nitrogens with zero attached hydrogens (tertiary/aromatic N) is 2. The van der Waals surface area contributed by atoms with Crippen LogP contribution in [-0.4, -0.2) is 34.8 Å². The molecule has 0 atom stereocenters. The van der Waals surface area contributed by atoms with E-state index < -0.39 is 0 Å². The number of carbonyl (C=O) groups excluding carboxylic acids is 2. The summed E-state index contributed by atoms with van der Waals surface area (Å²) in [5.41, 5.74) is 0.940. The van der Waals surface area contributed by atoms with Crippen molar-refractivity contribution < 1.29 is 9.59 Å². The van der Waals surface area contributed by atoms with E-state index in [0.29, 0.717) is 11.7 Å². The normalized spacial score (nSPS) is 14.9. The van der Waals surface area contributed by atoms with Gasteiger partial charge >= 0.3 is 0 Å². The monoisotopic (exact) mass is 337 g/mol. The highest BCUT2D eigenvalue weighted by Crippen LogP contribution is 2.27. The van der Waals surface area contributed by atoms with E-state index in [0.717, 1.165) is 49.1 Å². The molecule has 1 N–H and O–H groups in total. The van der Waals surface area contributed by atoms with Gasteiger partial charge in [0.15, 0.2) is 5.13 Å². The summed E-state index contributed by atoms with van der Waals surface area (Å²) < 4.78 is 0. The number of aryl methyl sites for hydroxylation is 2. The smallest absolute Gasteiger partial charge is 0.245 e. The van der Waals surface area contributed by atoms with E-state index in [4.69, 9.17) is 0 Å². The first-order valence-electron chi connectivity index (χ1n) is 8.54. The lowest BCUT2D eigenvalue weighted by Crippen LogP contribution is -2.41. The van der Waals surface area contributed by atoms with Crippen molar-refractivity contribution in [2.24, 2.45) is 5.92 Å². The van der Waals surface area contributed by atoms with Crippen LogP contribution in [-0.2, 0) is 9.59 Å². The maximum Gasteiger partial charge on any atom is 0.245 e. The maximum atomic E-state index is 12.6. The van der Waals surface area contributed by atoms with Gasteiger partial charge in [-0.3, -0.25) is 9.59 Å². The fraction of sp³-hybridized carbons (Fsp3) is 0.706. The van der Waals surface area contributed by atoms with Gasteiger partial charge in [0.1, 0.15) is 0 Å². The quantitative estimate of drug-likeness (QED) is 0.828. The minimum absolute atomic E-state index is 0.115. The Morgan fingerprint density at radius 3 is 2.57 bits per heavy atom. The fourth-order valence-corrected chi connectivity index (χ4v) is 3.74. The molecular formula is C17H27N3O2S. The van der Waals surface area contributed by atoms with Gasteiger partial charge in [0.05, 0.1) is 12.2 Å². The lowest BCUT2D eigenvalue weighted by atomic mass is 10.1. The zero-order valence-corrected chi connectivity index (χ0v) is 15.2. The SMILES string of the molecule is CCCCN(CC(=O)Nc1nc(C)c(C)s1)C(=O)C1CCCC1. The van der Waals surface area contributed by atoms with Crippen molar-refractivity contribution in [2.45, 2.75) is 59.3 Å². The molecule has 0 unspecified atom stereocenters. The Bertz CT molecular complexity index is 531. The van der Waals surface area contributed by atoms with Crippen LogP contribution < -0.4 is 5.32 Å². The van der Waals surface area contributed by atoms with E-state index in [9.17, 15) is 9.59 Å². The molecule has 6 heteroatoms. The minimum atomic E-state index is -0.152. The highest BCUT2D eigenvalue weighted by atomic mass is 32.1. The molecule has 2 amide bonds. The predicted octanol–water partition coefficient (Wildman–Crippen LogP) is 3.52. The van der Waals surface area contributed by atoms with Gasteiger partial charge in [-0.15, -0.1) is 11.3 Å². The van der Waals surface area contributed by atoms with Crippen LogP contribution in [0, 0.1) is 19.8 Å². The molecule has 0 radical (unpaired) electrons. The first kappa shape index (κ1) is 17.9. The second kappa shape index (κ2) is 8.43. The Morgan fingerprint density at radius 1 is 1.30 bits per heavy atom. The summed E-state index contributed by atoms with van der Waals surface area (Å²) in [4.78, 5) is 32.1. The molecule has 1 aliphatic carbocycles. The molecule has 0 spiro atoms. The van der Waals surface area contributed by atoms with Crippen LogP contribution in [0.1, 0.15) is 56.0 Å². The van der Waals surface area contributed by atoms with Crippen LogP contribution in [0.5, 0.6) is 0 Å². The van der Waals surface area contributed by atoms with Crippen molar-refractivity contribution in [3.05, 3.63) is 10.6 Å². The second-order valence-electron chi connectivity index (χ2n) is 6.30. The number of aromatic nitrogens is 1. The number of unbranched alkanes of at least 4 members (excludes halogenated alkanes) is 1. The van der Waals surface area contributed by atoms with Crippen molar-refractivity contribution in [1.82, 2.24) is 9.88 Å². The van der Waals surface area contributed by atoms with Gasteiger partial charge in [0, 0.05) is 17.3 Å². The summed E-state index contributed by atoms with van der Waals surface area (Å²) in [6.45, 7) is 6.81. The van der Waals surface area contributed by atoms with E-state index in [1.807, 2.05) is 13.8 Å². The summed E-state index contributed by atoms with van der Waals surface area (Å²) in [5.74, 6) is 0.114. The van der Waals surface area contributed by atoms with Crippen molar-refractivity contribution in [3.63, 3.8) is 0 Å². The van der Waals surface area contributed by atoms with Gasteiger partial charge in [-0.1, -0.05) is 26.2 Å². The molecule has 0 bridgehead atoms. The van der Waals surface area contributed by atoms with Gasteiger partial charge < -0.3 is 10.2 Å². The molecule has 2 rings (SSSR count). The Kier molecular flexibility index (Phi) is 6.57. The topological polar surface area (TPSA) is 62.3 Å². The molecule has 5 nitrogen and oxygen atoms in total. The lowest BCUT2D eigenvalue weighted by Gasteiger charge is -2.24. The van der Waals surface area contributed by atoms with E-state index >= 15 is 0 Å². The summed E-state index contributed by atoms with van der Waals surface area (Å²) in [5, 5.41) is 3.45. The molecule has 1 fully saturated rings. The zero-order chi connectivity index (χ0) is 16.8. The molecular weight excluding hydrogens is 310 g/mol.